The first kappa shape index (κ1) is 23.8. The molecular formula is C22H37ClGeSi2. The summed E-state index contributed by atoms with van der Waals surface area (Å²) >= 11 is 4.13. The van der Waals surface area contributed by atoms with Crippen LogP contribution in [0.2, 0.25) is 59.1 Å². The van der Waals surface area contributed by atoms with Crippen LogP contribution in [0.4, 0.5) is 0 Å². The second-order valence-electron chi connectivity index (χ2n) is 8.85. The van der Waals surface area contributed by atoms with Crippen molar-refractivity contribution < 1.29 is 0 Å². The minimum atomic E-state index is -1.85. The van der Waals surface area contributed by atoms with Gasteiger partial charge in [-0.15, -0.1) is 0 Å². The summed E-state index contributed by atoms with van der Waals surface area (Å²) in [4.78, 5) is 0. The molecule has 0 saturated carbocycles. The average Bonchev–Trinajstić information content (AvgIpc) is 2.62. The zero-order valence-electron chi connectivity index (χ0n) is 17.9. The summed E-state index contributed by atoms with van der Waals surface area (Å²) in [6.07, 6.45) is 2.29. The summed E-state index contributed by atoms with van der Waals surface area (Å²) < 4.78 is 3.91. The van der Waals surface area contributed by atoms with Gasteiger partial charge in [0.15, 0.2) is 0 Å². The molecule has 0 aliphatic heterocycles. The summed E-state index contributed by atoms with van der Waals surface area (Å²) in [6.45, 7) is 17.0. The van der Waals surface area contributed by atoms with Crippen LogP contribution < -0.4 is 0 Å². The van der Waals surface area contributed by atoms with Gasteiger partial charge in [0, 0.05) is 0 Å². The zero-order valence-corrected chi connectivity index (χ0v) is 22.7. The Morgan fingerprint density at radius 1 is 0.923 bits per heavy atom. The van der Waals surface area contributed by atoms with Crippen molar-refractivity contribution in [2.45, 2.75) is 74.8 Å². The van der Waals surface area contributed by atoms with Crippen molar-refractivity contribution in [1.29, 1.82) is 0 Å². The van der Waals surface area contributed by atoms with Crippen LogP contribution in [0.15, 0.2) is 30.0 Å². The molecule has 0 spiro atoms. The third-order valence-corrected chi connectivity index (χ3v) is 21.8. The topological polar surface area (TPSA) is 0 Å². The van der Waals surface area contributed by atoms with Gasteiger partial charge in [0.2, 0.25) is 0 Å². The fraction of sp³-hybridized carbons (Fsp3) is 0.545. The van der Waals surface area contributed by atoms with Crippen LogP contribution in [0.25, 0.3) is 6.08 Å². The number of hydrogen-bond acceptors (Lipinski definition) is 0. The molecule has 0 aliphatic carbocycles. The van der Waals surface area contributed by atoms with E-state index in [0.29, 0.717) is 0 Å². The molecule has 0 saturated heterocycles. The van der Waals surface area contributed by atoms with Gasteiger partial charge < -0.3 is 0 Å². The molecule has 0 amide bonds. The van der Waals surface area contributed by atoms with Gasteiger partial charge in [-0.05, 0) is 0 Å². The number of rotatable bonds is 8. The van der Waals surface area contributed by atoms with Crippen LogP contribution in [-0.4, -0.2) is 29.4 Å². The Morgan fingerprint density at radius 3 is 1.96 bits per heavy atom. The van der Waals surface area contributed by atoms with E-state index in [1.165, 1.54) is 33.4 Å². The summed E-state index contributed by atoms with van der Waals surface area (Å²) in [5, 5.41) is 4.87. The molecule has 0 heterocycles. The van der Waals surface area contributed by atoms with Crippen LogP contribution in [0.5, 0.6) is 0 Å². The number of halogens is 1. The van der Waals surface area contributed by atoms with Gasteiger partial charge in [0.1, 0.15) is 0 Å². The molecule has 0 unspecified atom stereocenters. The second-order valence-corrected chi connectivity index (χ2v) is 29.0. The molecule has 26 heavy (non-hydrogen) atoms. The average molecular weight is 466 g/mol. The van der Waals surface area contributed by atoms with Gasteiger partial charge >= 0.3 is 161 Å². The monoisotopic (exact) mass is 466 g/mol. The number of hydrogen-bond donors (Lipinski definition) is 0. The molecule has 0 bridgehead atoms. The molecule has 144 valence electrons. The third kappa shape index (κ3) is 8.21. The van der Waals surface area contributed by atoms with Crippen LogP contribution in [0.3, 0.4) is 0 Å². The third-order valence-electron chi connectivity index (χ3n) is 5.69. The van der Waals surface area contributed by atoms with E-state index in [4.69, 9.17) is 11.6 Å². The first-order chi connectivity index (χ1) is 12.1. The maximum absolute atomic E-state index is 5.97. The predicted molar refractivity (Wildman–Crippen MR) is 130 cm³/mol. The van der Waals surface area contributed by atoms with Crippen molar-refractivity contribution in [3.8, 4) is 10.3 Å². The van der Waals surface area contributed by atoms with E-state index >= 15 is 0 Å². The fourth-order valence-electron chi connectivity index (χ4n) is 2.99. The van der Waals surface area contributed by atoms with Gasteiger partial charge in [-0.25, -0.2) is 0 Å². The molecule has 0 N–H and O–H groups in total. The van der Waals surface area contributed by atoms with Crippen molar-refractivity contribution >= 4 is 47.1 Å². The van der Waals surface area contributed by atoms with Crippen molar-refractivity contribution in [1.82, 2.24) is 0 Å². The van der Waals surface area contributed by atoms with Crippen molar-refractivity contribution in [3.05, 3.63) is 40.6 Å². The van der Waals surface area contributed by atoms with E-state index < -0.39 is 29.4 Å². The van der Waals surface area contributed by atoms with Crippen LogP contribution in [0.1, 0.15) is 26.3 Å². The molecule has 1 aromatic carbocycles. The van der Waals surface area contributed by atoms with Crippen LogP contribution in [0, 0.1) is 10.3 Å². The van der Waals surface area contributed by atoms with E-state index in [0.717, 1.165) is 5.02 Å². The van der Waals surface area contributed by atoms with Crippen molar-refractivity contribution in [2.24, 2.45) is 0 Å². The first-order valence-electron chi connectivity index (χ1n) is 10.1. The van der Waals surface area contributed by atoms with E-state index in [-0.39, 0.29) is 0 Å². The Kier molecular flexibility index (Phi) is 9.50. The Hall–Kier alpha value is -0.213. The van der Waals surface area contributed by atoms with Crippen molar-refractivity contribution in [2.75, 3.05) is 0 Å². The van der Waals surface area contributed by atoms with Gasteiger partial charge in [0.05, 0.1) is 0 Å². The molecule has 0 aliphatic rings. The summed E-state index contributed by atoms with van der Waals surface area (Å²) in [5.41, 5.74) is 7.60. The van der Waals surface area contributed by atoms with Crippen molar-refractivity contribution in [3.63, 3.8) is 0 Å². The van der Waals surface area contributed by atoms with Gasteiger partial charge in [-0.2, -0.15) is 0 Å². The zero-order chi connectivity index (χ0) is 19.8. The molecule has 1 rings (SSSR count). The van der Waals surface area contributed by atoms with E-state index in [1.54, 1.807) is 0 Å². The summed E-state index contributed by atoms with van der Waals surface area (Å²) in [7, 11) is -2.76. The second kappa shape index (κ2) is 10.4. The van der Waals surface area contributed by atoms with E-state index in [2.05, 4.69) is 81.2 Å². The molecule has 4 heteroatoms. The van der Waals surface area contributed by atoms with E-state index in [9.17, 15) is 0 Å². The molecule has 0 fully saturated rings. The number of benzene rings is 1. The molecule has 0 atom stereocenters. The minimum absolute atomic E-state index is 0.803. The summed E-state index contributed by atoms with van der Waals surface area (Å²) in [6, 6.07) is 10.8. The Morgan fingerprint density at radius 2 is 1.46 bits per heavy atom. The van der Waals surface area contributed by atoms with Gasteiger partial charge in [0.25, 0.3) is 0 Å². The Bertz CT molecular complexity index is 639. The molecule has 0 nitrogen and oxygen atoms in total. The Labute approximate surface area is 172 Å². The van der Waals surface area contributed by atoms with Crippen LogP contribution in [-0.2, 0) is 0 Å². The molecular weight excluding hydrogens is 428 g/mol. The molecule has 1 aromatic rings. The van der Waals surface area contributed by atoms with E-state index in [1.807, 2.05) is 12.1 Å². The summed E-state index contributed by atoms with van der Waals surface area (Å²) in [5.74, 6) is 0. The standard InChI is InChI=1S/C22H37ClGeSi2/c1-8-24(9-2,10-3)16-18-26(6,7)20-19-25(4,5)17-15-21-11-13-22(23)14-12-21/h11-15,17H,8-10,19-20H2,1-7H3/b17-15+. The molecule has 0 radical (unpaired) electrons. The van der Waals surface area contributed by atoms with Crippen LogP contribution >= 0.6 is 11.6 Å². The first-order valence-corrected chi connectivity index (χ1v) is 22.4. The Balaban J connectivity index is 2.74. The normalized spacial score (nSPS) is 12.9. The molecule has 0 aromatic heterocycles. The maximum atomic E-state index is 5.97. The fourth-order valence-corrected chi connectivity index (χ4v) is 17.8. The van der Waals surface area contributed by atoms with Gasteiger partial charge in [-0.1, -0.05) is 11.6 Å². The van der Waals surface area contributed by atoms with Gasteiger partial charge in [-0.3, -0.25) is 0 Å². The quantitative estimate of drug-likeness (QED) is 0.270. The SMILES string of the molecule is C[CH2][Ge]([C]#C[Si](C)(C)CC[Si](C)(C)/C=C/c1ccc(Cl)cc1)([CH2]C)[CH2]C. The predicted octanol–water partition coefficient (Wildman–Crippen LogP) is 7.90.